The molecule has 0 atom stereocenters. The van der Waals surface area contributed by atoms with Gasteiger partial charge in [0.15, 0.2) is 11.6 Å². The van der Waals surface area contributed by atoms with Gasteiger partial charge < -0.3 is 10.6 Å². The van der Waals surface area contributed by atoms with Gasteiger partial charge in [0, 0.05) is 30.2 Å². The maximum Gasteiger partial charge on any atom is 0.254 e. The van der Waals surface area contributed by atoms with E-state index in [0.29, 0.717) is 11.3 Å². The van der Waals surface area contributed by atoms with Gasteiger partial charge in [0.1, 0.15) is 0 Å². The molecule has 3 rings (SSSR count). The molecule has 0 radical (unpaired) electrons. The fourth-order valence-electron chi connectivity index (χ4n) is 2.91. The maximum absolute atomic E-state index is 13.2. The molecule has 0 unspecified atom stereocenters. The fraction of sp³-hybridized carbons (Fsp3) is 0.389. The summed E-state index contributed by atoms with van der Waals surface area (Å²) in [5, 5.41) is 5.79. The molecule has 132 valence electrons. The zero-order chi connectivity index (χ0) is 17.6. The van der Waals surface area contributed by atoms with Gasteiger partial charge in [-0.3, -0.25) is 4.79 Å². The van der Waals surface area contributed by atoms with E-state index < -0.39 is 11.6 Å². The van der Waals surface area contributed by atoms with Crippen LogP contribution >= 0.6 is 0 Å². The van der Waals surface area contributed by atoms with Gasteiger partial charge in [-0.15, -0.1) is 0 Å². The molecule has 1 aliphatic carbocycles. The van der Waals surface area contributed by atoms with Crippen LogP contribution < -0.4 is 10.6 Å². The van der Waals surface area contributed by atoms with Gasteiger partial charge in [0.2, 0.25) is 5.95 Å². The highest BCUT2D eigenvalue weighted by molar-refractivity contribution is 5.93. The SMILES string of the molecule is O=C(NC1CCCCCC1)c1cnc(Nc2ccc(F)c(F)c2)nc1. The summed E-state index contributed by atoms with van der Waals surface area (Å²) in [4.78, 5) is 20.4. The third kappa shape index (κ3) is 4.71. The van der Waals surface area contributed by atoms with E-state index in [2.05, 4.69) is 20.6 Å². The molecule has 5 nitrogen and oxygen atoms in total. The summed E-state index contributed by atoms with van der Waals surface area (Å²) in [5.74, 6) is -1.86. The van der Waals surface area contributed by atoms with Crippen LogP contribution in [0.1, 0.15) is 48.9 Å². The quantitative estimate of drug-likeness (QED) is 0.823. The number of halogens is 2. The van der Waals surface area contributed by atoms with Gasteiger partial charge in [-0.2, -0.15) is 0 Å². The first-order valence-corrected chi connectivity index (χ1v) is 8.47. The lowest BCUT2D eigenvalue weighted by atomic mass is 10.1. The number of anilines is 2. The van der Waals surface area contributed by atoms with Crippen LogP contribution in [0.2, 0.25) is 0 Å². The van der Waals surface area contributed by atoms with Crippen molar-refractivity contribution in [3.63, 3.8) is 0 Å². The van der Waals surface area contributed by atoms with Gasteiger partial charge >= 0.3 is 0 Å². The molecule has 0 saturated heterocycles. The zero-order valence-electron chi connectivity index (χ0n) is 13.8. The number of rotatable bonds is 4. The number of hydrogen-bond acceptors (Lipinski definition) is 4. The summed E-state index contributed by atoms with van der Waals surface area (Å²) in [5.41, 5.74) is 0.703. The van der Waals surface area contributed by atoms with Crippen molar-refractivity contribution in [3.05, 3.63) is 47.8 Å². The minimum Gasteiger partial charge on any atom is -0.349 e. The average Bonchev–Trinajstić information content (AvgIpc) is 2.87. The van der Waals surface area contributed by atoms with E-state index in [1.54, 1.807) is 0 Å². The second-order valence-electron chi connectivity index (χ2n) is 6.21. The lowest BCUT2D eigenvalue weighted by molar-refractivity contribution is 0.0932. The van der Waals surface area contributed by atoms with E-state index in [0.717, 1.165) is 37.8 Å². The summed E-state index contributed by atoms with van der Waals surface area (Å²) in [6.07, 6.45) is 9.56. The minimum atomic E-state index is -0.954. The lowest BCUT2D eigenvalue weighted by Crippen LogP contribution is -2.34. The Labute approximate surface area is 144 Å². The van der Waals surface area contributed by atoms with Crippen molar-refractivity contribution in [1.82, 2.24) is 15.3 Å². The highest BCUT2D eigenvalue weighted by atomic mass is 19.2. The highest BCUT2D eigenvalue weighted by Crippen LogP contribution is 2.18. The first-order chi connectivity index (χ1) is 12.1. The smallest absolute Gasteiger partial charge is 0.254 e. The Kier molecular flexibility index (Phi) is 5.53. The average molecular weight is 346 g/mol. The van der Waals surface area contributed by atoms with Crippen LogP contribution in [-0.4, -0.2) is 21.9 Å². The van der Waals surface area contributed by atoms with E-state index in [-0.39, 0.29) is 17.9 Å². The van der Waals surface area contributed by atoms with Crippen molar-refractivity contribution in [3.8, 4) is 0 Å². The van der Waals surface area contributed by atoms with Gasteiger partial charge in [-0.1, -0.05) is 25.7 Å². The molecular formula is C18H20F2N4O. The number of aromatic nitrogens is 2. The third-order valence-corrected chi connectivity index (χ3v) is 4.28. The Morgan fingerprint density at radius 2 is 1.68 bits per heavy atom. The van der Waals surface area contributed by atoms with Crippen molar-refractivity contribution < 1.29 is 13.6 Å². The first kappa shape index (κ1) is 17.3. The largest absolute Gasteiger partial charge is 0.349 e. The molecule has 0 bridgehead atoms. The number of nitrogens with one attached hydrogen (secondary N) is 2. The van der Waals surface area contributed by atoms with Crippen LogP contribution in [0.25, 0.3) is 0 Å². The molecule has 25 heavy (non-hydrogen) atoms. The molecule has 0 spiro atoms. The zero-order valence-corrected chi connectivity index (χ0v) is 13.8. The van der Waals surface area contributed by atoms with Crippen molar-refractivity contribution >= 4 is 17.5 Å². The monoisotopic (exact) mass is 346 g/mol. The Morgan fingerprint density at radius 1 is 1.00 bits per heavy atom. The lowest BCUT2D eigenvalue weighted by Gasteiger charge is -2.16. The van der Waals surface area contributed by atoms with Gasteiger partial charge in [-0.05, 0) is 25.0 Å². The topological polar surface area (TPSA) is 66.9 Å². The molecule has 1 aromatic carbocycles. The number of carbonyl (C=O) groups is 1. The molecule has 1 fully saturated rings. The highest BCUT2D eigenvalue weighted by Gasteiger charge is 2.16. The predicted octanol–water partition coefficient (Wildman–Crippen LogP) is 3.95. The van der Waals surface area contributed by atoms with Crippen LogP contribution in [0.3, 0.4) is 0 Å². The molecule has 1 saturated carbocycles. The van der Waals surface area contributed by atoms with Gasteiger partial charge in [0.05, 0.1) is 5.56 Å². The Bertz CT molecular complexity index is 728. The van der Waals surface area contributed by atoms with Crippen molar-refractivity contribution in [2.75, 3.05) is 5.32 Å². The van der Waals surface area contributed by atoms with Crippen molar-refractivity contribution in [2.45, 2.75) is 44.6 Å². The Morgan fingerprint density at radius 3 is 2.32 bits per heavy atom. The van der Waals surface area contributed by atoms with Gasteiger partial charge in [0.25, 0.3) is 5.91 Å². The number of hydrogen-bond donors (Lipinski definition) is 2. The van der Waals surface area contributed by atoms with Crippen LogP contribution in [0.4, 0.5) is 20.4 Å². The van der Waals surface area contributed by atoms with E-state index in [1.165, 1.54) is 31.3 Å². The molecule has 1 heterocycles. The van der Waals surface area contributed by atoms with Crippen LogP contribution in [-0.2, 0) is 0 Å². The van der Waals surface area contributed by atoms with E-state index in [1.807, 2.05) is 0 Å². The van der Waals surface area contributed by atoms with Crippen LogP contribution in [0.15, 0.2) is 30.6 Å². The molecule has 1 aliphatic rings. The van der Waals surface area contributed by atoms with E-state index in [4.69, 9.17) is 0 Å². The number of benzene rings is 1. The predicted molar refractivity (Wildman–Crippen MR) is 90.6 cm³/mol. The molecule has 2 N–H and O–H groups in total. The normalized spacial score (nSPS) is 15.4. The van der Waals surface area contributed by atoms with Crippen LogP contribution in [0, 0.1) is 11.6 Å². The molecule has 2 aromatic rings. The summed E-state index contributed by atoms with van der Waals surface area (Å²) in [6, 6.07) is 3.63. The summed E-state index contributed by atoms with van der Waals surface area (Å²) in [6.45, 7) is 0. The summed E-state index contributed by atoms with van der Waals surface area (Å²) >= 11 is 0. The molecule has 1 amide bonds. The Balaban J connectivity index is 1.60. The fourth-order valence-corrected chi connectivity index (χ4v) is 2.91. The third-order valence-electron chi connectivity index (χ3n) is 4.28. The second-order valence-corrected chi connectivity index (χ2v) is 6.21. The standard InChI is InChI=1S/C18H20F2N4O/c19-15-8-7-14(9-16(15)20)24-18-21-10-12(11-22-18)17(25)23-13-5-3-1-2-4-6-13/h7-11,13H,1-6H2,(H,23,25)(H,21,22,24). The Hall–Kier alpha value is -2.57. The second kappa shape index (κ2) is 8.00. The number of amides is 1. The van der Waals surface area contributed by atoms with Gasteiger partial charge in [-0.25, -0.2) is 18.7 Å². The molecule has 7 heteroatoms. The molecular weight excluding hydrogens is 326 g/mol. The molecule has 0 aliphatic heterocycles. The first-order valence-electron chi connectivity index (χ1n) is 8.47. The van der Waals surface area contributed by atoms with E-state index in [9.17, 15) is 13.6 Å². The molecule has 1 aromatic heterocycles. The maximum atomic E-state index is 13.2. The summed E-state index contributed by atoms with van der Waals surface area (Å²) in [7, 11) is 0. The van der Waals surface area contributed by atoms with Crippen molar-refractivity contribution in [2.24, 2.45) is 0 Å². The van der Waals surface area contributed by atoms with E-state index >= 15 is 0 Å². The summed E-state index contributed by atoms with van der Waals surface area (Å²) < 4.78 is 26.1. The van der Waals surface area contributed by atoms with Crippen LogP contribution in [0.5, 0.6) is 0 Å². The number of nitrogens with zero attached hydrogens (tertiary/aromatic N) is 2. The number of carbonyl (C=O) groups excluding carboxylic acids is 1. The van der Waals surface area contributed by atoms with Crippen molar-refractivity contribution in [1.29, 1.82) is 0 Å². The minimum absolute atomic E-state index is 0.189.